The maximum Gasteiger partial charge on any atom is 0.209 e. The van der Waals surface area contributed by atoms with Gasteiger partial charge in [-0.3, -0.25) is 0 Å². The fourth-order valence-electron chi connectivity index (χ4n) is 1.75. The van der Waals surface area contributed by atoms with Crippen LogP contribution in [0.1, 0.15) is 19.4 Å². The van der Waals surface area contributed by atoms with Gasteiger partial charge in [-0.05, 0) is 19.9 Å². The number of nitrogens with one attached hydrogen (secondary N) is 2. The SMILES string of the molecule is CC(C)(CNCc1cccc(Cl)c1O)NS(C)(=O)=O. The lowest BCUT2D eigenvalue weighted by atomic mass is 10.1. The highest BCUT2D eigenvalue weighted by Crippen LogP contribution is 2.26. The molecule has 0 fully saturated rings. The molecule has 0 aliphatic rings. The minimum absolute atomic E-state index is 0.0468. The van der Waals surface area contributed by atoms with Crippen molar-refractivity contribution in [1.29, 1.82) is 0 Å². The zero-order valence-corrected chi connectivity index (χ0v) is 12.8. The molecular formula is C12H19ClN2O3S. The van der Waals surface area contributed by atoms with Gasteiger partial charge in [0.2, 0.25) is 10.0 Å². The number of hydrogen-bond acceptors (Lipinski definition) is 4. The van der Waals surface area contributed by atoms with Crippen molar-refractivity contribution in [3.63, 3.8) is 0 Å². The minimum Gasteiger partial charge on any atom is -0.506 e. The van der Waals surface area contributed by atoms with E-state index in [0.717, 1.165) is 6.26 Å². The summed E-state index contributed by atoms with van der Waals surface area (Å²) in [5.74, 6) is 0.0468. The Kier molecular flexibility index (Phi) is 5.20. The van der Waals surface area contributed by atoms with Crippen LogP contribution in [0.2, 0.25) is 5.02 Å². The lowest BCUT2D eigenvalue weighted by Gasteiger charge is -2.25. The zero-order valence-electron chi connectivity index (χ0n) is 11.2. The Balaban J connectivity index is 2.57. The number of rotatable bonds is 6. The van der Waals surface area contributed by atoms with E-state index >= 15 is 0 Å². The summed E-state index contributed by atoms with van der Waals surface area (Å²) in [5, 5.41) is 13.1. The van der Waals surface area contributed by atoms with Crippen LogP contribution < -0.4 is 10.0 Å². The molecule has 0 unspecified atom stereocenters. The first kappa shape index (κ1) is 16.2. The molecule has 19 heavy (non-hydrogen) atoms. The van der Waals surface area contributed by atoms with Crippen molar-refractivity contribution in [1.82, 2.24) is 10.0 Å². The predicted octanol–water partition coefficient (Wildman–Crippen LogP) is 1.46. The zero-order chi connectivity index (χ0) is 14.7. The summed E-state index contributed by atoms with van der Waals surface area (Å²) in [4.78, 5) is 0. The van der Waals surface area contributed by atoms with E-state index in [2.05, 4.69) is 10.0 Å². The maximum atomic E-state index is 11.2. The molecule has 0 bridgehead atoms. The minimum atomic E-state index is -3.25. The predicted molar refractivity (Wildman–Crippen MR) is 76.9 cm³/mol. The first-order chi connectivity index (χ1) is 8.61. The first-order valence-corrected chi connectivity index (χ1v) is 8.04. The van der Waals surface area contributed by atoms with Crippen LogP contribution in [-0.2, 0) is 16.6 Å². The van der Waals surface area contributed by atoms with Crippen molar-refractivity contribution in [2.24, 2.45) is 0 Å². The number of sulfonamides is 1. The van der Waals surface area contributed by atoms with Crippen molar-refractivity contribution in [2.45, 2.75) is 25.9 Å². The summed E-state index contributed by atoms with van der Waals surface area (Å²) in [7, 11) is -3.25. The summed E-state index contributed by atoms with van der Waals surface area (Å²) >= 11 is 5.80. The van der Waals surface area contributed by atoms with E-state index in [-0.39, 0.29) is 5.75 Å². The van der Waals surface area contributed by atoms with Crippen LogP contribution in [0.15, 0.2) is 18.2 Å². The number of hydrogen-bond donors (Lipinski definition) is 3. The number of aromatic hydroxyl groups is 1. The van der Waals surface area contributed by atoms with Crippen LogP contribution in [0.25, 0.3) is 0 Å². The second-order valence-electron chi connectivity index (χ2n) is 5.11. The average Bonchev–Trinajstić information content (AvgIpc) is 2.20. The van der Waals surface area contributed by atoms with E-state index in [1.807, 2.05) is 0 Å². The largest absolute Gasteiger partial charge is 0.506 e. The number of phenolic OH excluding ortho intramolecular Hbond substituents is 1. The molecule has 0 atom stereocenters. The van der Waals surface area contributed by atoms with E-state index in [1.165, 1.54) is 0 Å². The van der Waals surface area contributed by atoms with Crippen LogP contribution in [0, 0.1) is 0 Å². The topological polar surface area (TPSA) is 78.4 Å². The van der Waals surface area contributed by atoms with Crippen molar-refractivity contribution >= 4 is 21.6 Å². The summed E-state index contributed by atoms with van der Waals surface area (Å²) in [6.07, 6.45) is 1.12. The van der Waals surface area contributed by atoms with Crippen molar-refractivity contribution in [3.8, 4) is 5.75 Å². The Morgan fingerprint density at radius 2 is 2.00 bits per heavy atom. The van der Waals surface area contributed by atoms with Gasteiger partial charge < -0.3 is 10.4 Å². The third kappa shape index (κ3) is 5.78. The number of halogens is 1. The summed E-state index contributed by atoms with van der Waals surface area (Å²) in [6.45, 7) is 4.38. The van der Waals surface area contributed by atoms with Gasteiger partial charge in [0.15, 0.2) is 0 Å². The quantitative estimate of drug-likeness (QED) is 0.743. The van der Waals surface area contributed by atoms with Gasteiger partial charge in [0.05, 0.1) is 11.3 Å². The van der Waals surface area contributed by atoms with Gasteiger partial charge in [0.25, 0.3) is 0 Å². The molecule has 0 aliphatic carbocycles. The van der Waals surface area contributed by atoms with Gasteiger partial charge in [-0.1, -0.05) is 23.7 Å². The van der Waals surface area contributed by atoms with Crippen molar-refractivity contribution in [2.75, 3.05) is 12.8 Å². The molecule has 0 aromatic heterocycles. The van der Waals surface area contributed by atoms with Crippen LogP contribution in [-0.4, -0.2) is 31.9 Å². The van der Waals surface area contributed by atoms with E-state index in [1.54, 1.807) is 32.0 Å². The van der Waals surface area contributed by atoms with E-state index in [9.17, 15) is 13.5 Å². The molecule has 1 aromatic rings. The van der Waals surface area contributed by atoms with Crippen molar-refractivity contribution in [3.05, 3.63) is 28.8 Å². The molecule has 0 spiro atoms. The monoisotopic (exact) mass is 306 g/mol. The summed E-state index contributed by atoms with van der Waals surface area (Å²) in [6, 6.07) is 5.11. The highest BCUT2D eigenvalue weighted by molar-refractivity contribution is 7.88. The molecule has 1 rings (SSSR count). The van der Waals surface area contributed by atoms with Gasteiger partial charge in [0, 0.05) is 24.2 Å². The molecule has 0 amide bonds. The van der Waals surface area contributed by atoms with Gasteiger partial charge in [-0.2, -0.15) is 0 Å². The second kappa shape index (κ2) is 6.09. The van der Waals surface area contributed by atoms with Gasteiger partial charge >= 0.3 is 0 Å². The smallest absolute Gasteiger partial charge is 0.209 e. The Morgan fingerprint density at radius 1 is 1.37 bits per heavy atom. The third-order valence-electron chi connectivity index (χ3n) is 2.41. The Labute approximate surface area is 119 Å². The standard InChI is InChI=1S/C12H19ClN2O3S/c1-12(2,15-19(3,17)18)8-14-7-9-5-4-6-10(13)11(9)16/h4-6,14-16H,7-8H2,1-3H3. The fourth-order valence-corrected chi connectivity index (χ4v) is 3.02. The molecule has 0 saturated carbocycles. The number of para-hydroxylation sites is 1. The molecule has 0 heterocycles. The molecule has 108 valence electrons. The molecule has 7 heteroatoms. The van der Waals surface area contributed by atoms with Gasteiger partial charge in [-0.15, -0.1) is 0 Å². The van der Waals surface area contributed by atoms with E-state index < -0.39 is 15.6 Å². The lowest BCUT2D eigenvalue weighted by molar-refractivity contribution is 0.415. The number of benzene rings is 1. The third-order valence-corrected chi connectivity index (χ3v) is 3.64. The molecule has 5 nitrogen and oxygen atoms in total. The molecule has 0 aliphatic heterocycles. The molecule has 1 aromatic carbocycles. The number of phenols is 1. The Bertz CT molecular complexity index is 544. The summed E-state index contributed by atoms with van der Waals surface area (Å²) < 4.78 is 24.9. The molecular weight excluding hydrogens is 288 g/mol. The normalized spacial score (nSPS) is 12.6. The Morgan fingerprint density at radius 3 is 2.58 bits per heavy atom. The summed E-state index contributed by atoms with van der Waals surface area (Å²) in [5.41, 5.74) is 0.0598. The van der Waals surface area contributed by atoms with Crippen LogP contribution >= 0.6 is 11.6 Å². The van der Waals surface area contributed by atoms with Crippen LogP contribution in [0.4, 0.5) is 0 Å². The highest BCUT2D eigenvalue weighted by Gasteiger charge is 2.21. The second-order valence-corrected chi connectivity index (χ2v) is 7.26. The van der Waals surface area contributed by atoms with Crippen LogP contribution in [0.3, 0.4) is 0 Å². The average molecular weight is 307 g/mol. The van der Waals surface area contributed by atoms with Crippen LogP contribution in [0.5, 0.6) is 5.75 Å². The van der Waals surface area contributed by atoms with Crippen molar-refractivity contribution < 1.29 is 13.5 Å². The molecule has 3 N–H and O–H groups in total. The van der Waals surface area contributed by atoms with Gasteiger partial charge in [-0.25, -0.2) is 13.1 Å². The van der Waals surface area contributed by atoms with E-state index in [0.29, 0.717) is 23.7 Å². The Hall–Kier alpha value is -0.820. The fraction of sp³-hybridized carbons (Fsp3) is 0.500. The van der Waals surface area contributed by atoms with Gasteiger partial charge in [0.1, 0.15) is 5.75 Å². The molecule has 0 saturated heterocycles. The maximum absolute atomic E-state index is 11.2. The first-order valence-electron chi connectivity index (χ1n) is 5.77. The van der Waals surface area contributed by atoms with E-state index in [4.69, 9.17) is 11.6 Å². The molecule has 0 radical (unpaired) electrons. The highest BCUT2D eigenvalue weighted by atomic mass is 35.5. The lowest BCUT2D eigenvalue weighted by Crippen LogP contribution is -2.49.